The van der Waals surface area contributed by atoms with Crippen molar-refractivity contribution in [2.75, 3.05) is 19.7 Å². The molecule has 5 nitrogen and oxygen atoms in total. The molecule has 0 aromatic rings. The number of nitrogens with zero attached hydrogens (tertiary/aromatic N) is 1. The van der Waals surface area contributed by atoms with Gasteiger partial charge in [0, 0.05) is 13.0 Å². The Bertz CT molecular complexity index is 314. The molecule has 1 aliphatic rings. The highest BCUT2D eigenvalue weighted by Crippen LogP contribution is 2.20. The van der Waals surface area contributed by atoms with Gasteiger partial charge in [-0.2, -0.15) is 0 Å². The number of ether oxygens (including phenoxy) is 1. The van der Waals surface area contributed by atoms with E-state index < -0.39 is 5.97 Å². The van der Waals surface area contributed by atoms with Crippen molar-refractivity contribution in [2.45, 2.75) is 33.1 Å². The van der Waals surface area contributed by atoms with Crippen molar-refractivity contribution >= 4 is 17.7 Å². The van der Waals surface area contributed by atoms with Crippen molar-refractivity contribution < 1.29 is 19.1 Å². The molecule has 1 amide bonds. The van der Waals surface area contributed by atoms with Crippen LogP contribution in [0.15, 0.2) is 0 Å². The van der Waals surface area contributed by atoms with Crippen LogP contribution in [0.1, 0.15) is 33.1 Å². The Morgan fingerprint density at radius 2 is 2.12 bits per heavy atom. The third-order valence-corrected chi connectivity index (χ3v) is 2.89. The molecule has 0 aliphatic carbocycles. The average molecular weight is 241 g/mol. The molecule has 0 saturated carbocycles. The van der Waals surface area contributed by atoms with E-state index in [1.165, 1.54) is 4.90 Å². The van der Waals surface area contributed by atoms with Gasteiger partial charge in [0.2, 0.25) is 5.91 Å². The second kappa shape index (κ2) is 6.37. The summed E-state index contributed by atoms with van der Waals surface area (Å²) < 4.78 is 4.68. The first-order chi connectivity index (χ1) is 8.06. The molecule has 1 atom stereocenters. The number of hydrogen-bond acceptors (Lipinski definition) is 4. The first kappa shape index (κ1) is 13.7. The van der Waals surface area contributed by atoms with Crippen LogP contribution in [0.5, 0.6) is 0 Å². The SMILES string of the molecule is CCOC(=O)CC(=O)CN1CC(CC)CC1=O. The van der Waals surface area contributed by atoms with Gasteiger partial charge in [0.1, 0.15) is 6.42 Å². The molecule has 1 rings (SSSR count). The zero-order valence-corrected chi connectivity index (χ0v) is 10.4. The largest absolute Gasteiger partial charge is 0.466 e. The molecule has 1 saturated heterocycles. The summed E-state index contributed by atoms with van der Waals surface area (Å²) in [5, 5.41) is 0. The van der Waals surface area contributed by atoms with Gasteiger partial charge in [-0.15, -0.1) is 0 Å². The van der Waals surface area contributed by atoms with Gasteiger partial charge < -0.3 is 9.64 Å². The van der Waals surface area contributed by atoms with Gasteiger partial charge in [-0.25, -0.2) is 0 Å². The third-order valence-electron chi connectivity index (χ3n) is 2.89. The summed E-state index contributed by atoms with van der Waals surface area (Å²) in [5.74, 6) is -0.420. The fraction of sp³-hybridized carbons (Fsp3) is 0.750. The average Bonchev–Trinajstić information content (AvgIpc) is 2.59. The van der Waals surface area contributed by atoms with Gasteiger partial charge >= 0.3 is 5.97 Å². The maximum atomic E-state index is 11.5. The second-order valence-electron chi connectivity index (χ2n) is 4.27. The van der Waals surface area contributed by atoms with Crippen LogP contribution in [-0.4, -0.2) is 42.3 Å². The number of rotatable bonds is 6. The standard InChI is InChI=1S/C12H19NO4/c1-3-9-5-11(15)13(7-9)8-10(14)6-12(16)17-4-2/h9H,3-8H2,1-2H3. The highest BCUT2D eigenvalue weighted by molar-refractivity contribution is 5.98. The van der Waals surface area contributed by atoms with E-state index in [-0.39, 0.29) is 31.3 Å². The number of likely N-dealkylation sites (tertiary alicyclic amines) is 1. The quantitative estimate of drug-likeness (QED) is 0.509. The molecule has 17 heavy (non-hydrogen) atoms. The summed E-state index contributed by atoms with van der Waals surface area (Å²) in [6.07, 6.45) is 1.21. The Hall–Kier alpha value is -1.39. The van der Waals surface area contributed by atoms with E-state index in [0.717, 1.165) is 6.42 Å². The van der Waals surface area contributed by atoms with E-state index in [1.807, 2.05) is 6.92 Å². The Kier molecular flexibility index (Phi) is 5.12. The van der Waals surface area contributed by atoms with Crippen molar-refractivity contribution in [2.24, 2.45) is 5.92 Å². The minimum absolute atomic E-state index is 0.00839. The van der Waals surface area contributed by atoms with Crippen LogP contribution in [-0.2, 0) is 19.1 Å². The van der Waals surface area contributed by atoms with Crippen LogP contribution in [0.25, 0.3) is 0 Å². The van der Waals surface area contributed by atoms with Gasteiger partial charge in [-0.05, 0) is 12.8 Å². The lowest BCUT2D eigenvalue weighted by atomic mass is 10.1. The lowest BCUT2D eigenvalue weighted by molar-refractivity contribution is -0.146. The van der Waals surface area contributed by atoms with E-state index in [4.69, 9.17) is 0 Å². The van der Waals surface area contributed by atoms with E-state index in [9.17, 15) is 14.4 Å². The van der Waals surface area contributed by atoms with Crippen LogP contribution < -0.4 is 0 Å². The summed E-state index contributed by atoms with van der Waals surface area (Å²) in [6, 6.07) is 0. The van der Waals surface area contributed by atoms with E-state index in [2.05, 4.69) is 4.74 Å². The molecule has 5 heteroatoms. The van der Waals surface area contributed by atoms with Crippen molar-refractivity contribution in [3.05, 3.63) is 0 Å². The van der Waals surface area contributed by atoms with Gasteiger partial charge in [-0.1, -0.05) is 13.3 Å². The number of Topliss-reactive ketones (excluding diaryl/α,β-unsaturated/α-hetero) is 1. The number of amides is 1. The fourth-order valence-corrected chi connectivity index (χ4v) is 1.92. The maximum absolute atomic E-state index is 11.5. The van der Waals surface area contributed by atoms with Crippen LogP contribution in [0.4, 0.5) is 0 Å². The Balaban J connectivity index is 2.36. The number of ketones is 1. The van der Waals surface area contributed by atoms with Crippen molar-refractivity contribution in [1.29, 1.82) is 0 Å². The Morgan fingerprint density at radius 3 is 2.65 bits per heavy atom. The predicted molar refractivity (Wildman–Crippen MR) is 61.2 cm³/mol. The normalized spacial score (nSPS) is 19.5. The van der Waals surface area contributed by atoms with Crippen LogP contribution in [0.3, 0.4) is 0 Å². The molecule has 0 radical (unpaired) electrons. The van der Waals surface area contributed by atoms with Crippen molar-refractivity contribution in [3.63, 3.8) is 0 Å². The smallest absolute Gasteiger partial charge is 0.313 e. The molecule has 0 aromatic carbocycles. The molecule has 1 unspecified atom stereocenters. The zero-order valence-electron chi connectivity index (χ0n) is 10.4. The molecule has 96 valence electrons. The third kappa shape index (κ3) is 4.17. The lowest BCUT2D eigenvalue weighted by Crippen LogP contribution is -2.32. The van der Waals surface area contributed by atoms with Crippen LogP contribution in [0.2, 0.25) is 0 Å². The highest BCUT2D eigenvalue weighted by atomic mass is 16.5. The number of esters is 1. The summed E-state index contributed by atoms with van der Waals surface area (Å²) in [4.78, 5) is 35.7. The van der Waals surface area contributed by atoms with Gasteiger partial charge in [0.05, 0.1) is 13.2 Å². The van der Waals surface area contributed by atoms with E-state index in [0.29, 0.717) is 18.9 Å². The molecular formula is C12H19NO4. The summed E-state index contributed by atoms with van der Waals surface area (Å²) in [5.41, 5.74) is 0. The minimum Gasteiger partial charge on any atom is -0.466 e. The number of carbonyl (C=O) groups excluding carboxylic acids is 3. The summed E-state index contributed by atoms with van der Waals surface area (Å²) >= 11 is 0. The zero-order chi connectivity index (χ0) is 12.8. The Morgan fingerprint density at radius 1 is 1.41 bits per heavy atom. The predicted octanol–water partition coefficient (Wildman–Crippen LogP) is 0.767. The lowest BCUT2D eigenvalue weighted by Gasteiger charge is -2.14. The fourth-order valence-electron chi connectivity index (χ4n) is 1.92. The molecule has 0 N–H and O–H groups in total. The second-order valence-corrected chi connectivity index (χ2v) is 4.27. The van der Waals surface area contributed by atoms with Gasteiger partial charge in [-0.3, -0.25) is 14.4 Å². The van der Waals surface area contributed by atoms with Crippen LogP contribution >= 0.6 is 0 Å². The number of carbonyl (C=O) groups is 3. The molecule has 0 aromatic heterocycles. The first-order valence-corrected chi connectivity index (χ1v) is 6.01. The van der Waals surface area contributed by atoms with Gasteiger partial charge in [0.15, 0.2) is 5.78 Å². The minimum atomic E-state index is -0.517. The topological polar surface area (TPSA) is 63.7 Å². The van der Waals surface area contributed by atoms with Crippen molar-refractivity contribution in [1.82, 2.24) is 4.90 Å². The molecule has 1 fully saturated rings. The molecule has 0 bridgehead atoms. The molecule has 1 aliphatic heterocycles. The van der Waals surface area contributed by atoms with Gasteiger partial charge in [0.25, 0.3) is 0 Å². The first-order valence-electron chi connectivity index (χ1n) is 6.01. The molecular weight excluding hydrogens is 222 g/mol. The monoisotopic (exact) mass is 241 g/mol. The van der Waals surface area contributed by atoms with Crippen molar-refractivity contribution in [3.8, 4) is 0 Å². The van der Waals surface area contributed by atoms with E-state index in [1.54, 1.807) is 6.92 Å². The summed E-state index contributed by atoms with van der Waals surface area (Å²) in [7, 11) is 0. The molecule has 1 heterocycles. The van der Waals surface area contributed by atoms with E-state index >= 15 is 0 Å². The number of hydrogen-bond donors (Lipinski definition) is 0. The summed E-state index contributed by atoms with van der Waals surface area (Å²) in [6.45, 7) is 4.66. The Labute approximate surface area is 101 Å². The maximum Gasteiger partial charge on any atom is 0.313 e. The highest BCUT2D eigenvalue weighted by Gasteiger charge is 2.29. The molecule has 0 spiro atoms. The van der Waals surface area contributed by atoms with Crippen LogP contribution in [0, 0.1) is 5.92 Å².